The summed E-state index contributed by atoms with van der Waals surface area (Å²) in [4.78, 5) is 37.2. The highest BCUT2D eigenvalue weighted by Crippen LogP contribution is 2.12. The summed E-state index contributed by atoms with van der Waals surface area (Å²) in [6, 6.07) is 22.7. The number of benzene rings is 2. The Bertz CT molecular complexity index is 1060. The third-order valence-electron chi connectivity index (χ3n) is 4.77. The van der Waals surface area contributed by atoms with Gasteiger partial charge < -0.3 is 10.1 Å². The molecule has 3 aromatic rings. The van der Waals surface area contributed by atoms with Crippen molar-refractivity contribution in [2.24, 2.45) is 0 Å². The van der Waals surface area contributed by atoms with Crippen LogP contribution in [0, 0.1) is 0 Å². The first-order valence-electron chi connectivity index (χ1n) is 9.74. The summed E-state index contributed by atoms with van der Waals surface area (Å²) in [5, 5.41) is 2.68. The minimum absolute atomic E-state index is 0.147. The van der Waals surface area contributed by atoms with Crippen LogP contribution in [0.15, 0.2) is 77.6 Å². The number of anilines is 1. The number of ether oxygens (including phenoxy) is 1. The van der Waals surface area contributed by atoms with Gasteiger partial charge in [-0.3, -0.25) is 19.0 Å². The lowest BCUT2D eigenvalue weighted by molar-refractivity contribution is -0.141. The number of nitrogens with zero attached hydrogens (tertiary/aromatic N) is 1. The molecule has 0 aliphatic carbocycles. The van der Waals surface area contributed by atoms with Crippen LogP contribution < -0.4 is 10.9 Å². The summed E-state index contributed by atoms with van der Waals surface area (Å²) in [7, 11) is 1.28. The van der Waals surface area contributed by atoms with Crippen LogP contribution >= 0.6 is 0 Å². The molecule has 6 heteroatoms. The molecule has 0 saturated carbocycles. The van der Waals surface area contributed by atoms with E-state index in [1.54, 1.807) is 12.1 Å². The van der Waals surface area contributed by atoms with Crippen LogP contribution in [0.4, 0.5) is 5.69 Å². The molecule has 1 aromatic heterocycles. The number of amides is 1. The zero-order valence-electron chi connectivity index (χ0n) is 16.8. The number of carbonyl (C=O) groups excluding carboxylic acids is 2. The molecule has 0 saturated heterocycles. The van der Waals surface area contributed by atoms with Gasteiger partial charge in [0.1, 0.15) is 12.2 Å². The molecule has 2 aromatic carbocycles. The second-order valence-electron chi connectivity index (χ2n) is 6.90. The first-order valence-corrected chi connectivity index (χ1v) is 9.74. The van der Waals surface area contributed by atoms with Crippen LogP contribution in [0.2, 0.25) is 0 Å². The maximum atomic E-state index is 13.0. The number of pyridine rings is 1. The number of rotatable bonds is 8. The molecular weight excluding hydrogens is 380 g/mol. The van der Waals surface area contributed by atoms with Gasteiger partial charge in [-0.15, -0.1) is 0 Å². The third-order valence-corrected chi connectivity index (χ3v) is 4.77. The molecule has 0 spiro atoms. The van der Waals surface area contributed by atoms with E-state index in [4.69, 9.17) is 4.74 Å². The second-order valence-corrected chi connectivity index (χ2v) is 6.90. The fourth-order valence-electron chi connectivity index (χ4n) is 3.15. The Morgan fingerprint density at radius 3 is 2.17 bits per heavy atom. The number of esters is 1. The predicted octanol–water partition coefficient (Wildman–Crippen LogP) is 3.18. The quantitative estimate of drug-likeness (QED) is 0.585. The fraction of sp³-hybridized carbons (Fsp3) is 0.208. The van der Waals surface area contributed by atoms with Gasteiger partial charge >= 0.3 is 5.97 Å². The van der Waals surface area contributed by atoms with Crippen molar-refractivity contribution in [1.82, 2.24) is 4.57 Å². The molecule has 1 N–H and O–H groups in total. The van der Waals surface area contributed by atoms with E-state index in [2.05, 4.69) is 5.32 Å². The summed E-state index contributed by atoms with van der Waals surface area (Å²) < 4.78 is 6.09. The average Bonchev–Trinajstić information content (AvgIpc) is 2.78. The molecule has 1 heterocycles. The van der Waals surface area contributed by atoms with Crippen LogP contribution in [0.3, 0.4) is 0 Å². The Morgan fingerprint density at radius 1 is 0.900 bits per heavy atom. The molecule has 0 fully saturated rings. The second kappa shape index (κ2) is 10.2. The van der Waals surface area contributed by atoms with E-state index < -0.39 is 11.5 Å². The number of aromatic nitrogens is 1. The average molecular weight is 404 g/mol. The molecule has 0 radical (unpaired) electrons. The van der Waals surface area contributed by atoms with Crippen LogP contribution in [-0.2, 0) is 33.7 Å². The standard InChI is InChI=1S/C24H24N2O4/c1-30-23(28)17-26-20(16-19-10-6-3-7-11-19)13-14-21(24(26)29)25-22(27)15-12-18-8-4-2-5-9-18/h2-11,13-14H,12,15-17H2,1H3,(H,25,27). The van der Waals surface area contributed by atoms with Gasteiger partial charge in [0.15, 0.2) is 0 Å². The Morgan fingerprint density at radius 2 is 1.53 bits per heavy atom. The normalized spacial score (nSPS) is 10.4. The topological polar surface area (TPSA) is 77.4 Å². The predicted molar refractivity (Wildman–Crippen MR) is 115 cm³/mol. The summed E-state index contributed by atoms with van der Waals surface area (Å²) in [5.41, 5.74) is 2.44. The largest absolute Gasteiger partial charge is 0.468 e. The molecule has 0 bridgehead atoms. The van der Waals surface area contributed by atoms with E-state index in [1.165, 1.54) is 11.7 Å². The maximum absolute atomic E-state index is 13.0. The van der Waals surface area contributed by atoms with Gasteiger partial charge in [-0.05, 0) is 29.7 Å². The minimum Gasteiger partial charge on any atom is -0.468 e. The molecular formula is C24H24N2O4. The van der Waals surface area contributed by atoms with Crippen LogP contribution in [0.5, 0.6) is 0 Å². The van der Waals surface area contributed by atoms with Crippen molar-refractivity contribution in [3.05, 3.63) is 100.0 Å². The first-order chi connectivity index (χ1) is 14.6. The smallest absolute Gasteiger partial charge is 0.325 e. The van der Waals surface area contributed by atoms with Gasteiger partial charge in [-0.2, -0.15) is 0 Å². The third kappa shape index (κ3) is 5.67. The molecule has 3 rings (SSSR count). The monoisotopic (exact) mass is 404 g/mol. The number of hydrogen-bond acceptors (Lipinski definition) is 4. The van der Waals surface area contributed by atoms with Gasteiger partial charge in [0.2, 0.25) is 5.91 Å². The number of nitrogens with one attached hydrogen (secondary N) is 1. The summed E-state index contributed by atoms with van der Waals surface area (Å²) in [5.74, 6) is -0.782. The van der Waals surface area contributed by atoms with Crippen molar-refractivity contribution in [3.63, 3.8) is 0 Å². The lowest BCUT2D eigenvalue weighted by atomic mass is 10.1. The number of carbonyl (C=O) groups is 2. The molecule has 0 unspecified atom stereocenters. The number of aryl methyl sites for hydroxylation is 1. The highest BCUT2D eigenvalue weighted by Gasteiger charge is 2.15. The zero-order valence-corrected chi connectivity index (χ0v) is 16.8. The highest BCUT2D eigenvalue weighted by molar-refractivity contribution is 5.90. The van der Waals surface area contributed by atoms with Crippen LogP contribution in [-0.4, -0.2) is 23.6 Å². The van der Waals surface area contributed by atoms with Gasteiger partial charge in [-0.25, -0.2) is 0 Å². The summed E-state index contributed by atoms with van der Waals surface area (Å²) in [6.45, 7) is -0.217. The van der Waals surface area contributed by atoms with Crippen molar-refractivity contribution in [2.75, 3.05) is 12.4 Å². The Labute approximate surface area is 175 Å². The molecule has 6 nitrogen and oxygen atoms in total. The SMILES string of the molecule is COC(=O)Cn1c(Cc2ccccc2)ccc(NC(=O)CCc2ccccc2)c1=O. The first kappa shape index (κ1) is 21.0. The molecule has 1 amide bonds. The van der Waals surface area contributed by atoms with Gasteiger partial charge in [-0.1, -0.05) is 60.7 Å². The zero-order chi connectivity index (χ0) is 21.3. The lowest BCUT2D eigenvalue weighted by Crippen LogP contribution is -2.31. The molecule has 30 heavy (non-hydrogen) atoms. The Balaban J connectivity index is 1.79. The Hall–Kier alpha value is -3.67. The summed E-state index contributed by atoms with van der Waals surface area (Å²) in [6.07, 6.45) is 1.32. The van der Waals surface area contributed by atoms with Crippen molar-refractivity contribution in [2.45, 2.75) is 25.8 Å². The van der Waals surface area contributed by atoms with Gasteiger partial charge in [0.25, 0.3) is 5.56 Å². The van der Waals surface area contributed by atoms with E-state index in [0.717, 1.165) is 11.1 Å². The van der Waals surface area contributed by atoms with Crippen LogP contribution in [0.25, 0.3) is 0 Å². The van der Waals surface area contributed by atoms with Crippen LogP contribution in [0.1, 0.15) is 23.2 Å². The van der Waals surface area contributed by atoms with Gasteiger partial charge in [0.05, 0.1) is 7.11 Å². The minimum atomic E-state index is -0.529. The van der Waals surface area contributed by atoms with E-state index in [9.17, 15) is 14.4 Å². The van der Waals surface area contributed by atoms with E-state index >= 15 is 0 Å². The number of methoxy groups -OCH3 is 1. The van der Waals surface area contributed by atoms with Crippen molar-refractivity contribution in [3.8, 4) is 0 Å². The van der Waals surface area contributed by atoms with E-state index in [1.807, 2.05) is 60.7 Å². The van der Waals surface area contributed by atoms with Gasteiger partial charge in [0, 0.05) is 18.5 Å². The lowest BCUT2D eigenvalue weighted by Gasteiger charge is -2.14. The van der Waals surface area contributed by atoms with Crippen molar-refractivity contribution < 1.29 is 14.3 Å². The number of hydrogen-bond donors (Lipinski definition) is 1. The molecule has 0 aliphatic rings. The van der Waals surface area contributed by atoms with Crippen molar-refractivity contribution >= 4 is 17.6 Å². The van der Waals surface area contributed by atoms with E-state index in [-0.39, 0.29) is 24.6 Å². The van der Waals surface area contributed by atoms with E-state index in [0.29, 0.717) is 18.5 Å². The Kier molecular flexibility index (Phi) is 7.16. The summed E-state index contributed by atoms with van der Waals surface area (Å²) >= 11 is 0. The highest BCUT2D eigenvalue weighted by atomic mass is 16.5. The molecule has 0 aliphatic heterocycles. The molecule has 154 valence electrons. The fourth-order valence-corrected chi connectivity index (χ4v) is 3.15. The molecule has 0 atom stereocenters. The van der Waals surface area contributed by atoms with Crippen molar-refractivity contribution in [1.29, 1.82) is 0 Å². The maximum Gasteiger partial charge on any atom is 0.325 e.